The smallest absolute Gasteiger partial charge is 0.335 e. The summed E-state index contributed by atoms with van der Waals surface area (Å²) in [6.45, 7) is 1.60. The normalized spacial score (nSPS) is 17.0. The third kappa shape index (κ3) is 4.05. The van der Waals surface area contributed by atoms with Gasteiger partial charge in [0, 0.05) is 24.1 Å². The molecule has 1 N–H and O–H groups in total. The van der Waals surface area contributed by atoms with Crippen LogP contribution in [0, 0.1) is 12.8 Å². The average molecular weight is 476 g/mol. The van der Waals surface area contributed by atoms with Gasteiger partial charge in [0.05, 0.1) is 16.7 Å². The lowest BCUT2D eigenvalue weighted by Crippen LogP contribution is -2.26. The van der Waals surface area contributed by atoms with E-state index in [9.17, 15) is 26.7 Å². The summed E-state index contributed by atoms with van der Waals surface area (Å²) in [6, 6.07) is 9.91. The number of aryl methyl sites for hydroxylation is 1. The molecule has 0 unspecified atom stereocenters. The quantitative estimate of drug-likeness (QED) is 0.284. The fourth-order valence-corrected chi connectivity index (χ4v) is 4.75. The van der Waals surface area contributed by atoms with Crippen LogP contribution in [-0.2, 0) is 12.6 Å². The van der Waals surface area contributed by atoms with E-state index in [1.54, 1.807) is 31.2 Å². The van der Waals surface area contributed by atoms with E-state index in [2.05, 4.69) is 15.0 Å². The van der Waals surface area contributed by atoms with Gasteiger partial charge in [0.1, 0.15) is 5.65 Å². The summed E-state index contributed by atoms with van der Waals surface area (Å²) in [4.78, 5) is 24.1. The van der Waals surface area contributed by atoms with E-state index in [0.29, 0.717) is 16.7 Å². The summed E-state index contributed by atoms with van der Waals surface area (Å²) in [6.07, 6.45) is -5.08. The lowest BCUT2D eigenvalue weighted by Gasteiger charge is -2.28. The third-order valence-corrected chi connectivity index (χ3v) is 6.45. The number of H-pyrrole nitrogens is 1. The zero-order valence-electron chi connectivity index (χ0n) is 18.2. The van der Waals surface area contributed by atoms with Gasteiger partial charge in [0.2, 0.25) is 11.7 Å². The molecule has 0 atom stereocenters. The Labute approximate surface area is 191 Å². The number of ketones is 1. The average Bonchev–Trinajstić information content (AvgIpc) is 3.36. The van der Waals surface area contributed by atoms with Crippen LogP contribution in [0.15, 0.2) is 36.4 Å². The van der Waals surface area contributed by atoms with Crippen LogP contribution >= 0.6 is 0 Å². The minimum atomic E-state index is -4.71. The highest BCUT2D eigenvalue weighted by atomic mass is 19.4. The van der Waals surface area contributed by atoms with Crippen molar-refractivity contribution < 1.29 is 26.7 Å². The molecular weight excluding hydrogens is 455 g/mol. The van der Waals surface area contributed by atoms with Crippen LogP contribution in [0.5, 0.6) is 0 Å². The highest BCUT2D eigenvalue weighted by Crippen LogP contribution is 2.40. The molecule has 4 aromatic rings. The van der Waals surface area contributed by atoms with E-state index in [1.165, 1.54) is 16.5 Å². The molecule has 178 valence electrons. The first-order valence-corrected chi connectivity index (χ1v) is 11.0. The van der Waals surface area contributed by atoms with E-state index >= 15 is 0 Å². The summed E-state index contributed by atoms with van der Waals surface area (Å²) in [5.74, 6) is -3.44. The third-order valence-electron chi connectivity index (χ3n) is 6.45. The molecule has 5 rings (SSSR count). The van der Waals surface area contributed by atoms with Crippen molar-refractivity contribution in [1.29, 1.82) is 0 Å². The number of aromatic amines is 1. The molecule has 1 saturated carbocycles. The maximum absolute atomic E-state index is 13.9. The van der Waals surface area contributed by atoms with Crippen molar-refractivity contribution in [2.45, 2.75) is 51.1 Å². The fraction of sp³-hybridized carbons (Fsp3) is 0.375. The molecule has 5 nitrogen and oxygen atoms in total. The van der Waals surface area contributed by atoms with E-state index in [0.717, 1.165) is 0 Å². The number of fused-ring (bicyclic) bond motifs is 2. The second-order valence-electron chi connectivity index (χ2n) is 8.92. The zero-order chi connectivity index (χ0) is 24.3. The second kappa shape index (κ2) is 7.89. The summed E-state index contributed by atoms with van der Waals surface area (Å²) in [5, 5.41) is 0. The molecule has 1 aromatic carbocycles. The molecule has 10 heteroatoms. The molecule has 3 aromatic heterocycles. The van der Waals surface area contributed by atoms with Crippen molar-refractivity contribution in [3.05, 3.63) is 64.9 Å². The number of para-hydroxylation sites is 2. The molecule has 1 fully saturated rings. The van der Waals surface area contributed by atoms with E-state index in [4.69, 9.17) is 0 Å². The molecule has 1 aliphatic rings. The van der Waals surface area contributed by atoms with Gasteiger partial charge in [0.25, 0.3) is 0 Å². The van der Waals surface area contributed by atoms with Crippen molar-refractivity contribution in [3.63, 3.8) is 0 Å². The van der Waals surface area contributed by atoms with Gasteiger partial charge < -0.3 is 9.38 Å². The monoisotopic (exact) mass is 476 g/mol. The summed E-state index contributed by atoms with van der Waals surface area (Å²) in [5.41, 5.74) is 0.721. The minimum Gasteiger partial charge on any atom is -0.335 e. The first kappa shape index (κ1) is 22.5. The summed E-state index contributed by atoms with van der Waals surface area (Å²) >= 11 is 0. The van der Waals surface area contributed by atoms with E-state index < -0.39 is 23.6 Å². The van der Waals surface area contributed by atoms with Crippen LogP contribution in [0.1, 0.15) is 58.9 Å². The number of carbonyl (C=O) groups excluding carboxylic acids is 1. The van der Waals surface area contributed by atoms with Crippen LogP contribution in [0.4, 0.5) is 22.0 Å². The fourth-order valence-electron chi connectivity index (χ4n) is 4.75. The molecule has 0 amide bonds. The second-order valence-corrected chi connectivity index (χ2v) is 8.92. The minimum absolute atomic E-state index is 0.0101. The van der Waals surface area contributed by atoms with Crippen molar-refractivity contribution in [2.24, 2.45) is 5.92 Å². The standard InChI is InChI=1S/C24H21F5N4O/c1-13-10-15(20(34)22-30-16-4-2-3-5-17(16)31-22)12-19-32-21(24(27,28)29)18(33(13)19)11-14-6-8-23(25,26)9-7-14/h2-5,10,12,14H,6-9,11H2,1H3,(H,30,31). The van der Waals surface area contributed by atoms with Gasteiger partial charge in [-0.15, -0.1) is 0 Å². The molecule has 0 radical (unpaired) electrons. The van der Waals surface area contributed by atoms with Crippen LogP contribution < -0.4 is 0 Å². The first-order chi connectivity index (χ1) is 16.0. The molecule has 0 spiro atoms. The van der Waals surface area contributed by atoms with Gasteiger partial charge in [0.15, 0.2) is 11.5 Å². The number of hydrogen-bond acceptors (Lipinski definition) is 3. The Bertz CT molecular complexity index is 1360. The molecule has 0 bridgehead atoms. The maximum Gasteiger partial charge on any atom is 0.435 e. The summed E-state index contributed by atoms with van der Waals surface area (Å²) in [7, 11) is 0. The van der Waals surface area contributed by atoms with E-state index in [1.807, 2.05) is 0 Å². The number of imidazole rings is 2. The number of pyridine rings is 1. The van der Waals surface area contributed by atoms with Gasteiger partial charge in [-0.05, 0) is 56.4 Å². The largest absolute Gasteiger partial charge is 0.435 e. The Hall–Kier alpha value is -3.30. The van der Waals surface area contributed by atoms with Crippen LogP contribution in [0.3, 0.4) is 0 Å². The number of benzene rings is 1. The number of alkyl halides is 5. The van der Waals surface area contributed by atoms with E-state index in [-0.39, 0.29) is 60.8 Å². The number of nitrogens with one attached hydrogen (secondary N) is 1. The molecule has 34 heavy (non-hydrogen) atoms. The highest BCUT2D eigenvalue weighted by Gasteiger charge is 2.40. The molecular formula is C24H21F5N4O. The van der Waals surface area contributed by atoms with Crippen molar-refractivity contribution >= 4 is 22.5 Å². The predicted octanol–water partition coefficient (Wildman–Crippen LogP) is 6.14. The van der Waals surface area contributed by atoms with Crippen molar-refractivity contribution in [1.82, 2.24) is 19.4 Å². The number of rotatable bonds is 4. The van der Waals surface area contributed by atoms with Gasteiger partial charge in [-0.3, -0.25) is 4.79 Å². The molecule has 1 aliphatic carbocycles. The lowest BCUT2D eigenvalue weighted by atomic mass is 9.83. The summed E-state index contributed by atoms with van der Waals surface area (Å²) < 4.78 is 70.0. The molecule has 0 aliphatic heterocycles. The maximum atomic E-state index is 13.9. The first-order valence-electron chi connectivity index (χ1n) is 11.0. The number of hydrogen-bond donors (Lipinski definition) is 1. The van der Waals surface area contributed by atoms with Crippen LogP contribution in [0.2, 0.25) is 0 Å². The van der Waals surface area contributed by atoms with Gasteiger partial charge >= 0.3 is 6.18 Å². The Morgan fingerprint density at radius 3 is 2.53 bits per heavy atom. The van der Waals surface area contributed by atoms with Gasteiger partial charge in [-0.25, -0.2) is 18.7 Å². The Kier molecular flexibility index (Phi) is 5.22. The molecule has 0 saturated heterocycles. The van der Waals surface area contributed by atoms with Gasteiger partial charge in [-0.1, -0.05) is 12.1 Å². The number of aromatic nitrogens is 4. The Morgan fingerprint density at radius 1 is 1.15 bits per heavy atom. The van der Waals surface area contributed by atoms with Crippen LogP contribution in [0.25, 0.3) is 16.7 Å². The number of nitrogens with zero attached hydrogens (tertiary/aromatic N) is 3. The number of carbonyl (C=O) groups is 1. The SMILES string of the molecule is Cc1cc(C(=O)c2nc3ccccc3[nH]2)cc2nc(C(F)(F)F)c(CC3CCC(F)(F)CC3)n12. The Balaban J connectivity index is 1.54. The van der Waals surface area contributed by atoms with Crippen molar-refractivity contribution in [3.8, 4) is 0 Å². The topological polar surface area (TPSA) is 63.0 Å². The highest BCUT2D eigenvalue weighted by molar-refractivity contribution is 6.08. The van der Waals surface area contributed by atoms with Gasteiger partial charge in [-0.2, -0.15) is 13.2 Å². The van der Waals surface area contributed by atoms with Crippen molar-refractivity contribution in [2.75, 3.05) is 0 Å². The predicted molar refractivity (Wildman–Crippen MR) is 115 cm³/mol. The number of halogens is 5. The lowest BCUT2D eigenvalue weighted by molar-refractivity contribution is -0.141. The zero-order valence-corrected chi connectivity index (χ0v) is 18.2. The van der Waals surface area contributed by atoms with Crippen LogP contribution in [-0.4, -0.2) is 31.1 Å². The Morgan fingerprint density at radius 2 is 1.85 bits per heavy atom. The molecule has 3 heterocycles.